The van der Waals surface area contributed by atoms with E-state index in [1.165, 1.54) is 5.56 Å². The fraction of sp³-hybridized carbons (Fsp3) is 0.462. The molecule has 0 aliphatic carbocycles. The van der Waals surface area contributed by atoms with E-state index in [9.17, 15) is 0 Å². The highest BCUT2D eigenvalue weighted by Crippen LogP contribution is 2.24. The highest BCUT2D eigenvalue weighted by atomic mass is 16.5. The van der Waals surface area contributed by atoms with Gasteiger partial charge in [0, 0.05) is 12.1 Å². The number of rotatable bonds is 5. The van der Waals surface area contributed by atoms with Gasteiger partial charge in [0.05, 0.1) is 19.7 Å². The van der Waals surface area contributed by atoms with Gasteiger partial charge in [0.25, 0.3) is 0 Å². The molecule has 0 spiro atoms. The van der Waals surface area contributed by atoms with Crippen LogP contribution < -0.4 is 10.1 Å². The fourth-order valence-electron chi connectivity index (χ4n) is 1.52. The lowest BCUT2D eigenvalue weighted by molar-refractivity contribution is 0.407. The summed E-state index contributed by atoms with van der Waals surface area (Å²) in [4.78, 5) is 0. The van der Waals surface area contributed by atoms with E-state index >= 15 is 0 Å². The van der Waals surface area contributed by atoms with Crippen molar-refractivity contribution in [2.75, 3.05) is 13.7 Å². The Morgan fingerprint density at radius 1 is 1.44 bits per heavy atom. The molecule has 0 atom stereocenters. The van der Waals surface area contributed by atoms with E-state index in [-0.39, 0.29) is 0 Å². The summed E-state index contributed by atoms with van der Waals surface area (Å²) in [6.45, 7) is 5.33. The molecule has 0 aromatic heterocycles. The third-order valence-corrected chi connectivity index (χ3v) is 2.50. The maximum atomic E-state index is 8.44. The number of nitrogens with one attached hydrogen (secondary N) is 1. The quantitative estimate of drug-likeness (QED) is 0.610. The third-order valence-electron chi connectivity index (χ3n) is 2.50. The topological polar surface area (TPSA) is 45.0 Å². The molecule has 0 aliphatic heterocycles. The highest BCUT2D eigenvalue weighted by Gasteiger charge is 2.06. The number of nitrogens with zero attached hydrogens (tertiary/aromatic N) is 1. The summed E-state index contributed by atoms with van der Waals surface area (Å²) in [7, 11) is 1.67. The molecule has 0 unspecified atom stereocenters. The summed E-state index contributed by atoms with van der Waals surface area (Å²) in [5.74, 6) is 1.38. The van der Waals surface area contributed by atoms with Crippen molar-refractivity contribution in [3.63, 3.8) is 0 Å². The summed E-state index contributed by atoms with van der Waals surface area (Å²) < 4.78 is 5.34. The van der Waals surface area contributed by atoms with Crippen LogP contribution in [0.2, 0.25) is 0 Å². The molecule has 0 aliphatic rings. The van der Waals surface area contributed by atoms with E-state index in [0.29, 0.717) is 19.0 Å². The zero-order valence-electron chi connectivity index (χ0n) is 10.1. The minimum atomic E-state index is 0.356. The molecule has 3 heteroatoms. The second kappa shape index (κ2) is 6.14. The summed E-state index contributed by atoms with van der Waals surface area (Å²) in [6, 6.07) is 8.28. The monoisotopic (exact) mass is 218 g/mol. The molecule has 0 saturated heterocycles. The van der Waals surface area contributed by atoms with Gasteiger partial charge in [0.2, 0.25) is 0 Å². The Kier molecular flexibility index (Phi) is 4.81. The van der Waals surface area contributed by atoms with Crippen LogP contribution in [0.25, 0.3) is 0 Å². The zero-order chi connectivity index (χ0) is 12.0. The fourth-order valence-corrected chi connectivity index (χ4v) is 1.52. The predicted octanol–water partition coefficient (Wildman–Crippen LogP) is 2.43. The van der Waals surface area contributed by atoms with Crippen molar-refractivity contribution < 1.29 is 4.74 Å². The second-order valence-corrected chi connectivity index (χ2v) is 3.99. The van der Waals surface area contributed by atoms with E-state index in [0.717, 1.165) is 11.3 Å². The molecule has 0 fully saturated rings. The number of ether oxygens (including phenoxy) is 1. The van der Waals surface area contributed by atoms with Gasteiger partial charge in [0.1, 0.15) is 5.75 Å². The second-order valence-electron chi connectivity index (χ2n) is 3.99. The minimum absolute atomic E-state index is 0.356. The first-order valence-corrected chi connectivity index (χ1v) is 5.43. The minimum Gasteiger partial charge on any atom is -0.496 e. The normalized spacial score (nSPS) is 10.2. The van der Waals surface area contributed by atoms with E-state index in [1.54, 1.807) is 7.11 Å². The molecule has 16 heavy (non-hydrogen) atoms. The van der Waals surface area contributed by atoms with E-state index < -0.39 is 0 Å². The molecule has 1 aromatic rings. The van der Waals surface area contributed by atoms with Gasteiger partial charge in [-0.25, -0.2) is 0 Å². The van der Waals surface area contributed by atoms with Gasteiger partial charge in [-0.05, 0) is 17.5 Å². The standard InChI is InChI=1S/C13H18N2O/c1-10(2)11-4-5-12(9-15-7-6-14)13(8-11)16-3/h4-5,8,10,15H,7,9H2,1-3H3. The third kappa shape index (κ3) is 3.25. The van der Waals surface area contributed by atoms with Gasteiger partial charge in [0.15, 0.2) is 0 Å². The van der Waals surface area contributed by atoms with Crippen molar-refractivity contribution >= 4 is 0 Å². The molecular weight excluding hydrogens is 200 g/mol. The van der Waals surface area contributed by atoms with Gasteiger partial charge in [-0.1, -0.05) is 26.0 Å². The van der Waals surface area contributed by atoms with Crippen molar-refractivity contribution in [3.8, 4) is 11.8 Å². The van der Waals surface area contributed by atoms with Crippen LogP contribution >= 0.6 is 0 Å². The van der Waals surface area contributed by atoms with Gasteiger partial charge >= 0.3 is 0 Å². The Hall–Kier alpha value is -1.53. The number of methoxy groups -OCH3 is 1. The van der Waals surface area contributed by atoms with E-state index in [1.807, 2.05) is 0 Å². The van der Waals surface area contributed by atoms with Gasteiger partial charge in [-0.3, -0.25) is 0 Å². The van der Waals surface area contributed by atoms with Crippen molar-refractivity contribution in [1.82, 2.24) is 5.32 Å². The molecule has 0 radical (unpaired) electrons. The SMILES string of the molecule is COc1cc(C(C)C)ccc1CNCC#N. The number of hydrogen-bond donors (Lipinski definition) is 1. The van der Waals surface area contributed by atoms with Gasteiger partial charge in [-0.15, -0.1) is 0 Å². The van der Waals surface area contributed by atoms with E-state index in [2.05, 4.69) is 43.4 Å². The van der Waals surface area contributed by atoms with E-state index in [4.69, 9.17) is 10.00 Å². The Morgan fingerprint density at radius 3 is 2.75 bits per heavy atom. The number of nitriles is 1. The molecule has 1 aromatic carbocycles. The van der Waals surface area contributed by atoms with Crippen LogP contribution in [0.1, 0.15) is 30.9 Å². The number of hydrogen-bond acceptors (Lipinski definition) is 3. The van der Waals surface area contributed by atoms with Crippen LogP contribution in [0.15, 0.2) is 18.2 Å². The Balaban J connectivity index is 2.81. The maximum Gasteiger partial charge on any atom is 0.123 e. The summed E-state index contributed by atoms with van der Waals surface area (Å²) >= 11 is 0. The largest absolute Gasteiger partial charge is 0.496 e. The molecule has 0 bridgehead atoms. The molecule has 0 amide bonds. The number of benzene rings is 1. The lowest BCUT2D eigenvalue weighted by atomic mass is 10.0. The first-order chi connectivity index (χ1) is 7.69. The van der Waals surface area contributed by atoms with Crippen LogP contribution in [-0.4, -0.2) is 13.7 Å². The van der Waals surface area contributed by atoms with Crippen molar-refractivity contribution in [2.45, 2.75) is 26.3 Å². The van der Waals surface area contributed by atoms with Crippen molar-refractivity contribution in [1.29, 1.82) is 5.26 Å². The summed E-state index contributed by atoms with van der Waals surface area (Å²) in [6.07, 6.45) is 0. The molecule has 3 nitrogen and oxygen atoms in total. The predicted molar refractivity (Wildman–Crippen MR) is 64.4 cm³/mol. The summed E-state index contributed by atoms with van der Waals surface area (Å²) in [5.41, 5.74) is 2.35. The Bertz CT molecular complexity index is 380. The summed E-state index contributed by atoms with van der Waals surface area (Å²) in [5, 5.41) is 11.5. The van der Waals surface area contributed by atoms with Crippen molar-refractivity contribution in [2.24, 2.45) is 0 Å². The average molecular weight is 218 g/mol. The highest BCUT2D eigenvalue weighted by molar-refractivity contribution is 5.38. The Labute approximate surface area is 97.0 Å². The lowest BCUT2D eigenvalue weighted by Crippen LogP contribution is -2.13. The first kappa shape index (κ1) is 12.5. The average Bonchev–Trinajstić information content (AvgIpc) is 2.29. The molecule has 0 saturated carbocycles. The van der Waals surface area contributed by atoms with Gasteiger partial charge in [-0.2, -0.15) is 5.26 Å². The molecule has 0 heterocycles. The molecule has 1 N–H and O–H groups in total. The molecule has 1 rings (SSSR count). The van der Waals surface area contributed by atoms with Crippen LogP contribution in [0.3, 0.4) is 0 Å². The zero-order valence-corrected chi connectivity index (χ0v) is 10.1. The van der Waals surface area contributed by atoms with Crippen molar-refractivity contribution in [3.05, 3.63) is 29.3 Å². The maximum absolute atomic E-state index is 8.44. The smallest absolute Gasteiger partial charge is 0.123 e. The van der Waals surface area contributed by atoms with Gasteiger partial charge < -0.3 is 10.1 Å². The molecular formula is C13H18N2O. The van der Waals surface area contributed by atoms with Crippen LogP contribution in [0.4, 0.5) is 0 Å². The van der Waals surface area contributed by atoms with Crippen LogP contribution in [-0.2, 0) is 6.54 Å². The first-order valence-electron chi connectivity index (χ1n) is 5.43. The van der Waals surface area contributed by atoms with Crippen LogP contribution in [0, 0.1) is 11.3 Å². The van der Waals surface area contributed by atoms with Crippen LogP contribution in [0.5, 0.6) is 5.75 Å². The lowest BCUT2D eigenvalue weighted by Gasteiger charge is -2.12. The Morgan fingerprint density at radius 2 is 2.19 bits per heavy atom. The molecule has 86 valence electrons.